The highest BCUT2D eigenvalue weighted by Gasteiger charge is 2.25. The van der Waals surface area contributed by atoms with Gasteiger partial charge in [0, 0.05) is 26.3 Å². The third-order valence-corrected chi connectivity index (χ3v) is 4.82. The number of ether oxygens (including phenoxy) is 1. The Bertz CT molecular complexity index is 227. The normalized spacial score (nSPS) is 32.3. The highest BCUT2D eigenvalue weighted by Crippen LogP contribution is 2.25. The molecule has 1 heterocycles. The molecule has 106 valence electrons. The van der Waals surface area contributed by atoms with Crippen molar-refractivity contribution >= 4 is 0 Å². The zero-order valence-electron chi connectivity index (χ0n) is 11.9. The van der Waals surface area contributed by atoms with Crippen LogP contribution in [0.4, 0.5) is 0 Å². The van der Waals surface area contributed by atoms with Crippen molar-refractivity contribution in [3.05, 3.63) is 0 Å². The van der Waals surface area contributed by atoms with E-state index in [-0.39, 0.29) is 0 Å². The number of nitrogens with zero attached hydrogens (tertiary/aromatic N) is 1. The smallest absolute Gasteiger partial charge is 0.0491 e. The Morgan fingerprint density at radius 3 is 2.50 bits per heavy atom. The molecular formula is C15H30N2O. The summed E-state index contributed by atoms with van der Waals surface area (Å²) >= 11 is 0. The molecule has 1 aliphatic heterocycles. The van der Waals surface area contributed by atoms with E-state index in [1.54, 1.807) is 0 Å². The average Bonchev–Trinajstić information content (AvgIpc) is 2.58. The molecule has 0 aromatic carbocycles. The first-order valence-electron chi connectivity index (χ1n) is 7.76. The molecule has 0 aromatic rings. The van der Waals surface area contributed by atoms with E-state index in [0.717, 1.165) is 18.4 Å². The van der Waals surface area contributed by atoms with Crippen LogP contribution in [0.25, 0.3) is 0 Å². The Balaban J connectivity index is 1.73. The van der Waals surface area contributed by atoms with Gasteiger partial charge in [-0.25, -0.2) is 0 Å². The van der Waals surface area contributed by atoms with Crippen LogP contribution in [-0.2, 0) is 4.74 Å². The molecule has 1 saturated heterocycles. The van der Waals surface area contributed by atoms with Gasteiger partial charge in [0.25, 0.3) is 0 Å². The van der Waals surface area contributed by atoms with Crippen LogP contribution in [0.15, 0.2) is 0 Å². The largest absolute Gasteiger partial charge is 0.384 e. The summed E-state index contributed by atoms with van der Waals surface area (Å²) in [5.41, 5.74) is 6.32. The van der Waals surface area contributed by atoms with Gasteiger partial charge >= 0.3 is 0 Å². The zero-order valence-corrected chi connectivity index (χ0v) is 11.9. The van der Waals surface area contributed by atoms with Gasteiger partial charge in [0.2, 0.25) is 0 Å². The number of rotatable bonds is 4. The number of hydrogen-bond donors (Lipinski definition) is 1. The van der Waals surface area contributed by atoms with Gasteiger partial charge in [0.1, 0.15) is 0 Å². The van der Waals surface area contributed by atoms with Crippen LogP contribution in [-0.4, -0.2) is 44.3 Å². The molecule has 18 heavy (non-hydrogen) atoms. The highest BCUT2D eigenvalue weighted by atomic mass is 16.5. The van der Waals surface area contributed by atoms with Gasteiger partial charge in [-0.2, -0.15) is 0 Å². The van der Waals surface area contributed by atoms with Crippen molar-refractivity contribution in [1.29, 1.82) is 0 Å². The lowest BCUT2D eigenvalue weighted by atomic mass is 9.92. The molecule has 2 fully saturated rings. The maximum Gasteiger partial charge on any atom is 0.0491 e. The molecule has 2 N–H and O–H groups in total. The van der Waals surface area contributed by atoms with Crippen LogP contribution in [0, 0.1) is 11.8 Å². The van der Waals surface area contributed by atoms with E-state index in [4.69, 9.17) is 10.5 Å². The molecule has 0 bridgehead atoms. The van der Waals surface area contributed by atoms with Gasteiger partial charge in [-0.05, 0) is 50.6 Å². The first-order chi connectivity index (χ1) is 8.79. The summed E-state index contributed by atoms with van der Waals surface area (Å²) < 4.78 is 5.26. The minimum Gasteiger partial charge on any atom is -0.384 e. The molecule has 0 spiro atoms. The minimum atomic E-state index is 0.448. The molecule has 1 saturated carbocycles. The first kappa shape index (κ1) is 14.3. The molecule has 1 aliphatic carbocycles. The fraction of sp³-hybridized carbons (Fsp3) is 1.00. The number of nitrogens with two attached hydrogens (primary N) is 1. The fourth-order valence-corrected chi connectivity index (χ4v) is 3.54. The zero-order chi connectivity index (χ0) is 12.8. The van der Waals surface area contributed by atoms with Gasteiger partial charge in [0.05, 0.1) is 0 Å². The first-order valence-corrected chi connectivity index (χ1v) is 7.76. The van der Waals surface area contributed by atoms with E-state index in [1.165, 1.54) is 64.6 Å². The van der Waals surface area contributed by atoms with Crippen LogP contribution >= 0.6 is 0 Å². The molecule has 0 aromatic heterocycles. The standard InChI is InChI=1S/C15H30N2O/c1-18-12-13-7-9-17(10-8-13)11-14-5-3-2-4-6-15(14)16/h13-15H,2-12,16H2,1H3. The lowest BCUT2D eigenvalue weighted by Crippen LogP contribution is -2.42. The number of likely N-dealkylation sites (tertiary alicyclic amines) is 1. The molecular weight excluding hydrogens is 224 g/mol. The summed E-state index contributed by atoms with van der Waals surface area (Å²) in [4.78, 5) is 2.64. The maximum atomic E-state index is 6.32. The monoisotopic (exact) mass is 254 g/mol. The number of methoxy groups -OCH3 is 1. The molecule has 2 atom stereocenters. The van der Waals surface area contributed by atoms with Crippen molar-refractivity contribution in [3.63, 3.8) is 0 Å². The number of hydrogen-bond acceptors (Lipinski definition) is 3. The van der Waals surface area contributed by atoms with Gasteiger partial charge in [0.15, 0.2) is 0 Å². The van der Waals surface area contributed by atoms with Crippen molar-refractivity contribution in [2.45, 2.75) is 51.0 Å². The molecule has 3 nitrogen and oxygen atoms in total. The van der Waals surface area contributed by atoms with Crippen molar-refractivity contribution < 1.29 is 4.74 Å². The molecule has 2 aliphatic rings. The number of piperidine rings is 1. The summed E-state index contributed by atoms with van der Waals surface area (Å²) in [6.07, 6.45) is 9.31. The van der Waals surface area contributed by atoms with Crippen LogP contribution in [0.2, 0.25) is 0 Å². The topological polar surface area (TPSA) is 38.5 Å². The summed E-state index contributed by atoms with van der Waals surface area (Å²) in [7, 11) is 1.82. The summed E-state index contributed by atoms with van der Waals surface area (Å²) in [5.74, 6) is 1.53. The Morgan fingerprint density at radius 1 is 1.06 bits per heavy atom. The van der Waals surface area contributed by atoms with E-state index in [1.807, 2.05) is 7.11 Å². The SMILES string of the molecule is COCC1CCN(CC2CCCCCC2N)CC1. The summed E-state index contributed by atoms with van der Waals surface area (Å²) in [6, 6.07) is 0.448. The third kappa shape index (κ3) is 4.22. The highest BCUT2D eigenvalue weighted by molar-refractivity contribution is 4.81. The lowest BCUT2D eigenvalue weighted by Gasteiger charge is -2.35. The van der Waals surface area contributed by atoms with Crippen LogP contribution in [0.5, 0.6) is 0 Å². The van der Waals surface area contributed by atoms with Crippen molar-refractivity contribution in [2.75, 3.05) is 33.4 Å². The van der Waals surface area contributed by atoms with E-state index in [0.29, 0.717) is 6.04 Å². The molecule has 3 heteroatoms. The molecule has 2 unspecified atom stereocenters. The average molecular weight is 254 g/mol. The van der Waals surface area contributed by atoms with Crippen molar-refractivity contribution in [3.8, 4) is 0 Å². The van der Waals surface area contributed by atoms with Crippen LogP contribution in [0.1, 0.15) is 44.9 Å². The second-order valence-corrected chi connectivity index (χ2v) is 6.26. The Kier molecular flexibility index (Phi) is 5.93. The Hall–Kier alpha value is -0.120. The van der Waals surface area contributed by atoms with E-state index in [9.17, 15) is 0 Å². The predicted octanol–water partition coefficient (Wildman–Crippen LogP) is 2.25. The van der Waals surface area contributed by atoms with Crippen LogP contribution in [0.3, 0.4) is 0 Å². The van der Waals surface area contributed by atoms with E-state index in [2.05, 4.69) is 4.90 Å². The molecule has 0 amide bonds. The van der Waals surface area contributed by atoms with Crippen molar-refractivity contribution in [1.82, 2.24) is 4.90 Å². The Morgan fingerprint density at radius 2 is 1.78 bits per heavy atom. The predicted molar refractivity (Wildman–Crippen MR) is 75.6 cm³/mol. The second kappa shape index (κ2) is 7.46. The van der Waals surface area contributed by atoms with E-state index < -0.39 is 0 Å². The minimum absolute atomic E-state index is 0.448. The fourth-order valence-electron chi connectivity index (χ4n) is 3.54. The maximum absolute atomic E-state index is 6.32. The Labute approximate surface area is 112 Å². The van der Waals surface area contributed by atoms with Crippen molar-refractivity contribution in [2.24, 2.45) is 17.6 Å². The summed E-state index contributed by atoms with van der Waals surface area (Å²) in [5, 5.41) is 0. The summed E-state index contributed by atoms with van der Waals surface area (Å²) in [6.45, 7) is 4.67. The van der Waals surface area contributed by atoms with Gasteiger partial charge in [-0.15, -0.1) is 0 Å². The third-order valence-electron chi connectivity index (χ3n) is 4.82. The van der Waals surface area contributed by atoms with Gasteiger partial charge in [-0.1, -0.05) is 19.3 Å². The second-order valence-electron chi connectivity index (χ2n) is 6.26. The lowest BCUT2D eigenvalue weighted by molar-refractivity contribution is 0.0893. The van der Waals surface area contributed by atoms with Gasteiger partial charge in [-0.3, -0.25) is 0 Å². The molecule has 2 rings (SSSR count). The van der Waals surface area contributed by atoms with Crippen LogP contribution < -0.4 is 5.73 Å². The quantitative estimate of drug-likeness (QED) is 0.782. The van der Waals surface area contributed by atoms with Gasteiger partial charge < -0.3 is 15.4 Å². The van der Waals surface area contributed by atoms with E-state index >= 15 is 0 Å². The molecule has 0 radical (unpaired) electrons.